The van der Waals surface area contributed by atoms with Crippen LogP contribution >= 0.6 is 0 Å². The van der Waals surface area contributed by atoms with Crippen LogP contribution in [0.15, 0.2) is 0 Å². The van der Waals surface area contributed by atoms with Crippen molar-refractivity contribution in [2.75, 3.05) is 93.6 Å². The lowest BCUT2D eigenvalue weighted by molar-refractivity contribution is -0.921. The van der Waals surface area contributed by atoms with Gasteiger partial charge in [-0.05, 0) is 55.4 Å². The topological polar surface area (TPSA) is 538 Å². The Labute approximate surface area is 428 Å². The molecular weight excluding hydrogens is 1090 g/mol. The quantitative estimate of drug-likeness (QED) is 0.0423. The van der Waals surface area contributed by atoms with Crippen molar-refractivity contribution in [3.05, 3.63) is 0 Å². The number of nitrogens with one attached hydrogen (secondary N) is 2. The number of carbonyl (C=O) groups excluding carboxylic acids is 2. The molecule has 0 radical (unpaired) electrons. The average Bonchev–Trinajstić information content (AvgIpc) is 3.26. The molecule has 0 aliphatic rings. The Morgan fingerprint density at radius 2 is 0.457 bits per heavy atom. The highest BCUT2D eigenvalue weighted by Gasteiger charge is 2.30. The number of rotatable bonds is 23. The highest BCUT2D eigenvalue weighted by Crippen LogP contribution is 2.04. The molecule has 32 heteroatoms. The van der Waals surface area contributed by atoms with E-state index in [0.717, 1.165) is 0 Å². The summed E-state index contributed by atoms with van der Waals surface area (Å²) in [4.78, 5) is 81.0. The zero-order valence-electron chi connectivity index (χ0n) is 41.7. The van der Waals surface area contributed by atoms with E-state index in [1.54, 1.807) is 0 Å². The molecule has 0 fully saturated rings. The first kappa shape index (κ1) is 92.3. The standard InChI is InChI=1S/2C8H20N.C6H16N2.4C4H6O6.2BrH.2H2O/c2*1-5-9(6-2,7-3)8-4;1-7(2)5-6-8(3)4;4*5-1(3(7)8)2(6)4(9)10;;;;/h2*5-8H2,1-4H3;5-6H2,1-4H3;4*1-2,5-6H,(H,7,8)(H,9,10);2*1H;2*1H2/q2*+1;;;;;;;;;/p-2/t;;;4*1-,2-;;;;/m...1100..../s1. The maximum atomic E-state index is 9.77. The molecule has 0 rings (SSSR count). The van der Waals surface area contributed by atoms with Crippen LogP contribution in [0, 0.1) is 0 Å². The zero-order valence-corrected chi connectivity index (χ0v) is 44.9. The first-order valence-electron chi connectivity index (χ1n) is 20.5. The molecule has 30 nitrogen and oxygen atoms in total. The van der Waals surface area contributed by atoms with Crippen molar-refractivity contribution in [3.8, 4) is 0 Å². The van der Waals surface area contributed by atoms with E-state index in [4.69, 9.17) is 71.5 Å². The zero-order chi connectivity index (χ0) is 54.5. The molecule has 0 aromatic heterocycles. The fraction of sp³-hybridized carbons (Fsp3) is 0.789. The summed E-state index contributed by atoms with van der Waals surface area (Å²) in [7, 11) is 8.73. The SMILES string of the molecule is CC[N+](CC)(CC)CC.CC[N+](CC)(CC)CC.C[NH+](C)CC[NH+](C)C.O.O.O=C(O)[C@@H](O)[C@H](O)C(=O)O.O=C(O)[C@H](O)[C@@H](O)C(=O)O.O=C([O-])[C@@H](O)[C@H](O)C(=O)O.O=C([O-])[C@H](O)[C@@H](O)C(=O)O.[Br-].[Br-]. The number of aliphatic hydroxyl groups excluding tert-OH is 8. The predicted molar refractivity (Wildman–Crippen MR) is 231 cm³/mol. The number of nitrogens with zero attached hydrogens (tertiary/aromatic N) is 2. The first-order valence-corrected chi connectivity index (χ1v) is 20.5. The molecule has 0 unspecified atom stereocenters. The molecule has 0 aromatic rings. The maximum Gasteiger partial charge on any atom is 0.335 e. The lowest BCUT2D eigenvalue weighted by Gasteiger charge is -2.34. The minimum atomic E-state index is -2.38. The molecule has 0 aliphatic carbocycles. The molecule has 20 N–H and O–H groups in total. The van der Waals surface area contributed by atoms with Crippen LogP contribution in [0.2, 0.25) is 0 Å². The average molecular weight is 1170 g/mol. The summed E-state index contributed by atoms with van der Waals surface area (Å²) in [6, 6.07) is 0. The van der Waals surface area contributed by atoms with Crippen molar-refractivity contribution in [3.63, 3.8) is 0 Å². The van der Waals surface area contributed by atoms with Crippen LogP contribution in [0.4, 0.5) is 0 Å². The van der Waals surface area contributed by atoms with E-state index < -0.39 is 96.6 Å². The van der Waals surface area contributed by atoms with Gasteiger partial charge in [-0.3, -0.25) is 0 Å². The number of likely N-dealkylation sites (N-methyl/N-ethyl adjacent to an activating group) is 2. The monoisotopic (exact) mass is 1170 g/mol. The van der Waals surface area contributed by atoms with Crippen LogP contribution in [-0.4, -0.2) is 282 Å². The van der Waals surface area contributed by atoms with Gasteiger partial charge in [-0.2, -0.15) is 0 Å². The normalized spacial score (nSPS) is 13.4. The van der Waals surface area contributed by atoms with Crippen LogP contribution in [0.3, 0.4) is 0 Å². The molecule has 0 aliphatic heterocycles. The van der Waals surface area contributed by atoms with Gasteiger partial charge in [-0.25, -0.2) is 28.8 Å². The van der Waals surface area contributed by atoms with Crippen LogP contribution < -0.4 is 54.0 Å². The Bertz CT molecular complexity index is 1100. The molecule has 70 heavy (non-hydrogen) atoms. The van der Waals surface area contributed by atoms with Crippen molar-refractivity contribution in [1.29, 1.82) is 0 Å². The molecule has 0 saturated carbocycles. The number of hydrogen-bond donors (Lipinski definition) is 16. The minimum absolute atomic E-state index is 0. The summed E-state index contributed by atoms with van der Waals surface area (Å²) in [5.74, 6) is -14.7. The van der Waals surface area contributed by atoms with Crippen molar-refractivity contribution in [2.24, 2.45) is 0 Å². The number of aliphatic carboxylic acids is 8. The van der Waals surface area contributed by atoms with Crippen molar-refractivity contribution in [1.82, 2.24) is 0 Å². The van der Waals surface area contributed by atoms with E-state index >= 15 is 0 Å². The van der Waals surface area contributed by atoms with Gasteiger partial charge in [-0.1, -0.05) is 0 Å². The number of halogens is 2. The highest BCUT2D eigenvalue weighted by molar-refractivity contribution is 5.84. The maximum absolute atomic E-state index is 9.77. The second kappa shape index (κ2) is 51.5. The molecule has 0 heterocycles. The van der Waals surface area contributed by atoms with Crippen molar-refractivity contribution >= 4 is 47.8 Å². The van der Waals surface area contributed by atoms with Gasteiger partial charge in [0, 0.05) is 0 Å². The Morgan fingerprint density at radius 1 is 0.343 bits per heavy atom. The predicted octanol–water partition coefficient (Wildman–Crippen LogP) is -17.8. The second-order valence-corrected chi connectivity index (χ2v) is 14.4. The van der Waals surface area contributed by atoms with Crippen LogP contribution in [0.1, 0.15) is 55.4 Å². The lowest BCUT2D eigenvalue weighted by atomic mass is 10.2. The highest BCUT2D eigenvalue weighted by atomic mass is 79.9. The Morgan fingerprint density at radius 3 is 0.500 bits per heavy atom. The van der Waals surface area contributed by atoms with Gasteiger partial charge >= 0.3 is 35.8 Å². The van der Waals surface area contributed by atoms with Gasteiger partial charge in [0.05, 0.1) is 92.5 Å². The number of hydrogen-bond acceptors (Lipinski definition) is 18. The van der Waals surface area contributed by atoms with Gasteiger partial charge in [0.2, 0.25) is 0 Å². The fourth-order valence-electron chi connectivity index (χ4n) is 4.25. The summed E-state index contributed by atoms with van der Waals surface area (Å²) in [5.41, 5.74) is 0. The van der Waals surface area contributed by atoms with Crippen molar-refractivity contribution in [2.45, 2.75) is 104 Å². The summed E-state index contributed by atoms with van der Waals surface area (Å²) in [5, 5.41) is 133. The van der Waals surface area contributed by atoms with Crippen LogP contribution in [0.5, 0.6) is 0 Å². The van der Waals surface area contributed by atoms with Gasteiger partial charge in [0.15, 0.2) is 36.6 Å². The molecule has 0 saturated heterocycles. The Hall–Kier alpha value is -3.84. The number of carboxylic acids is 8. The molecule has 0 aromatic carbocycles. The summed E-state index contributed by atoms with van der Waals surface area (Å²) in [6.45, 7) is 31.0. The van der Waals surface area contributed by atoms with Crippen molar-refractivity contribution < 1.29 is 184 Å². The van der Waals surface area contributed by atoms with Crippen LogP contribution in [0.25, 0.3) is 0 Å². The Kier molecular flexibility index (Phi) is 67.9. The van der Waals surface area contributed by atoms with Crippen LogP contribution in [-0.2, 0) is 38.4 Å². The number of carboxylic acid groups (broad SMARTS) is 8. The van der Waals surface area contributed by atoms with E-state index in [2.05, 4.69) is 83.6 Å². The van der Waals surface area contributed by atoms with Gasteiger partial charge in [0.1, 0.15) is 25.3 Å². The van der Waals surface area contributed by atoms with E-state index in [9.17, 15) is 48.6 Å². The molecule has 8 atom stereocenters. The summed E-state index contributed by atoms with van der Waals surface area (Å²) < 4.78 is 2.56. The molecule has 0 spiro atoms. The third-order valence-corrected chi connectivity index (χ3v) is 9.69. The molecular formula is C38H84Br2N4O26. The van der Waals surface area contributed by atoms with Gasteiger partial charge < -0.3 is 155 Å². The lowest BCUT2D eigenvalue weighted by Crippen LogP contribution is -3.14. The second-order valence-electron chi connectivity index (χ2n) is 14.4. The summed E-state index contributed by atoms with van der Waals surface area (Å²) >= 11 is 0. The number of aliphatic hydroxyl groups is 8. The minimum Gasteiger partial charge on any atom is -1.00 e. The number of quaternary nitrogens is 4. The van der Waals surface area contributed by atoms with Gasteiger partial charge in [0.25, 0.3) is 0 Å². The fourth-order valence-corrected chi connectivity index (χ4v) is 4.25. The van der Waals surface area contributed by atoms with E-state index in [0.29, 0.717) is 0 Å². The van der Waals surface area contributed by atoms with E-state index in [1.165, 1.54) is 84.2 Å². The third-order valence-electron chi connectivity index (χ3n) is 9.69. The smallest absolute Gasteiger partial charge is 0.335 e. The third kappa shape index (κ3) is 47.8. The van der Waals surface area contributed by atoms with E-state index in [-0.39, 0.29) is 44.9 Å². The largest absolute Gasteiger partial charge is 1.00 e. The first-order chi connectivity index (χ1) is 30.0. The molecule has 426 valence electrons. The molecule has 0 amide bonds. The van der Waals surface area contributed by atoms with E-state index in [1.807, 2.05) is 0 Å². The summed E-state index contributed by atoms with van der Waals surface area (Å²) in [6.07, 6.45) is -18.5. The Balaban J connectivity index is -0.0000000639. The number of carbonyl (C=O) groups is 8. The van der Waals surface area contributed by atoms with Gasteiger partial charge in [-0.15, -0.1) is 0 Å². The molecule has 0 bridgehead atoms.